The number of carbonyl (C=O) groups is 1. The van der Waals surface area contributed by atoms with E-state index in [1.54, 1.807) is 6.92 Å². The molecule has 0 aliphatic heterocycles. The molecular weight excluding hydrogens is 172 g/mol. The highest BCUT2D eigenvalue weighted by Gasteiger charge is 2.11. The molecule has 0 aliphatic rings. The fourth-order valence-corrected chi connectivity index (χ4v) is 1.08. The van der Waals surface area contributed by atoms with Crippen molar-refractivity contribution in [3.05, 3.63) is 0 Å². The van der Waals surface area contributed by atoms with Crippen LogP contribution in [-0.2, 0) is 4.79 Å². The number of carboxylic acid groups (broad SMARTS) is 1. The van der Waals surface area contributed by atoms with E-state index in [9.17, 15) is 9.90 Å². The van der Waals surface area contributed by atoms with Crippen molar-refractivity contribution < 1.29 is 20.1 Å². The molecule has 0 aliphatic carbocycles. The van der Waals surface area contributed by atoms with Gasteiger partial charge in [0.25, 0.3) is 0 Å². The molecule has 0 aromatic rings. The average Bonchev–Trinajstić information content (AvgIpc) is 2.04. The van der Waals surface area contributed by atoms with Crippen molar-refractivity contribution in [3.63, 3.8) is 0 Å². The van der Waals surface area contributed by atoms with Gasteiger partial charge in [0.2, 0.25) is 0 Å². The van der Waals surface area contributed by atoms with Gasteiger partial charge in [-0.15, -0.1) is 0 Å². The zero-order valence-corrected chi connectivity index (χ0v) is 7.94. The molecule has 0 rings (SSSR count). The molecule has 0 amide bonds. The summed E-state index contributed by atoms with van der Waals surface area (Å²) in [7, 11) is 0. The summed E-state index contributed by atoms with van der Waals surface area (Å²) in [6, 6.07) is 0. The van der Waals surface area contributed by atoms with Crippen molar-refractivity contribution in [2.75, 3.05) is 6.61 Å². The van der Waals surface area contributed by atoms with Crippen molar-refractivity contribution in [3.8, 4) is 0 Å². The number of rotatable bonds is 7. The Morgan fingerprint density at radius 1 is 1.31 bits per heavy atom. The van der Waals surface area contributed by atoms with Crippen LogP contribution in [0.1, 0.15) is 32.6 Å². The molecule has 1 unspecified atom stereocenters. The first-order valence-electron chi connectivity index (χ1n) is 4.59. The molecule has 0 aromatic carbocycles. The van der Waals surface area contributed by atoms with Gasteiger partial charge < -0.3 is 15.3 Å². The van der Waals surface area contributed by atoms with Gasteiger partial charge in [0, 0.05) is 6.61 Å². The Morgan fingerprint density at radius 3 is 2.38 bits per heavy atom. The van der Waals surface area contributed by atoms with E-state index in [0.717, 1.165) is 0 Å². The number of aliphatic carboxylic acids is 1. The smallest absolute Gasteiger partial charge is 0.306 e. The first-order chi connectivity index (χ1) is 6.07. The van der Waals surface area contributed by atoms with E-state index in [2.05, 4.69) is 0 Å². The second kappa shape index (κ2) is 6.86. The Morgan fingerprint density at radius 2 is 1.92 bits per heavy atom. The van der Waals surface area contributed by atoms with Gasteiger partial charge in [-0.2, -0.15) is 0 Å². The summed E-state index contributed by atoms with van der Waals surface area (Å²) in [4.78, 5) is 10.4. The molecule has 0 radical (unpaired) electrons. The average molecular weight is 190 g/mol. The Labute approximate surface area is 78.2 Å². The Kier molecular flexibility index (Phi) is 6.54. The van der Waals surface area contributed by atoms with Crippen LogP contribution in [0.2, 0.25) is 0 Å². The van der Waals surface area contributed by atoms with E-state index in [1.807, 2.05) is 0 Å². The van der Waals surface area contributed by atoms with E-state index in [0.29, 0.717) is 25.7 Å². The van der Waals surface area contributed by atoms with Crippen molar-refractivity contribution in [1.82, 2.24) is 0 Å². The van der Waals surface area contributed by atoms with Crippen LogP contribution in [0.5, 0.6) is 0 Å². The van der Waals surface area contributed by atoms with E-state index < -0.39 is 12.1 Å². The van der Waals surface area contributed by atoms with Crippen LogP contribution in [0, 0.1) is 5.92 Å². The first kappa shape index (κ1) is 12.4. The third kappa shape index (κ3) is 6.54. The van der Waals surface area contributed by atoms with Crippen LogP contribution >= 0.6 is 0 Å². The molecule has 0 aromatic heterocycles. The molecular formula is C9H18O4. The third-order valence-electron chi connectivity index (χ3n) is 2.06. The van der Waals surface area contributed by atoms with Crippen LogP contribution < -0.4 is 0 Å². The van der Waals surface area contributed by atoms with E-state index in [4.69, 9.17) is 10.2 Å². The minimum absolute atomic E-state index is 0.0182. The third-order valence-corrected chi connectivity index (χ3v) is 2.06. The van der Waals surface area contributed by atoms with Gasteiger partial charge in [-0.1, -0.05) is 13.3 Å². The monoisotopic (exact) mass is 190 g/mol. The molecule has 0 bridgehead atoms. The summed E-state index contributed by atoms with van der Waals surface area (Å²) >= 11 is 0. The lowest BCUT2D eigenvalue weighted by atomic mass is 10.0. The highest BCUT2D eigenvalue weighted by atomic mass is 16.4. The molecule has 78 valence electrons. The molecule has 0 heterocycles. The standard InChI is InChI=1S/C9H18O4/c1-7(9(12)13)3-2-4-8(11)5-6-10/h7-8,10-11H,2-6H2,1H3,(H,12,13)/t7?,8-/m0/s1. The second-order valence-electron chi connectivity index (χ2n) is 3.34. The maximum Gasteiger partial charge on any atom is 0.306 e. The predicted molar refractivity (Wildman–Crippen MR) is 48.4 cm³/mol. The van der Waals surface area contributed by atoms with Crippen molar-refractivity contribution in [2.45, 2.75) is 38.7 Å². The van der Waals surface area contributed by atoms with E-state index in [-0.39, 0.29) is 12.5 Å². The van der Waals surface area contributed by atoms with Gasteiger partial charge >= 0.3 is 5.97 Å². The van der Waals surface area contributed by atoms with Crippen LogP contribution in [0.3, 0.4) is 0 Å². The highest BCUT2D eigenvalue weighted by molar-refractivity contribution is 5.69. The van der Waals surface area contributed by atoms with Crippen LogP contribution in [0.15, 0.2) is 0 Å². The summed E-state index contributed by atoms with van der Waals surface area (Å²) < 4.78 is 0. The number of aliphatic hydroxyl groups is 2. The van der Waals surface area contributed by atoms with Crippen LogP contribution in [0.4, 0.5) is 0 Å². The SMILES string of the molecule is CC(CCC[C@H](O)CCO)C(=O)O. The molecule has 0 fully saturated rings. The van der Waals surface area contributed by atoms with Crippen LogP contribution in [0.25, 0.3) is 0 Å². The fraction of sp³-hybridized carbons (Fsp3) is 0.889. The normalized spacial score (nSPS) is 15.3. The number of hydrogen-bond acceptors (Lipinski definition) is 3. The molecule has 2 atom stereocenters. The topological polar surface area (TPSA) is 77.8 Å². The van der Waals surface area contributed by atoms with E-state index in [1.165, 1.54) is 0 Å². The Balaban J connectivity index is 3.39. The van der Waals surface area contributed by atoms with Gasteiger partial charge in [-0.3, -0.25) is 4.79 Å². The molecule has 3 N–H and O–H groups in total. The lowest BCUT2D eigenvalue weighted by Gasteiger charge is -2.09. The van der Waals surface area contributed by atoms with Gasteiger partial charge in [-0.05, 0) is 19.3 Å². The molecule has 0 saturated carbocycles. The van der Waals surface area contributed by atoms with Gasteiger partial charge in [0.15, 0.2) is 0 Å². The van der Waals surface area contributed by atoms with Crippen molar-refractivity contribution >= 4 is 5.97 Å². The molecule has 0 saturated heterocycles. The first-order valence-corrected chi connectivity index (χ1v) is 4.59. The summed E-state index contributed by atoms with van der Waals surface area (Å²) in [5.41, 5.74) is 0. The molecule has 4 heteroatoms. The second-order valence-corrected chi connectivity index (χ2v) is 3.34. The largest absolute Gasteiger partial charge is 0.481 e. The lowest BCUT2D eigenvalue weighted by Crippen LogP contribution is -2.12. The molecule has 4 nitrogen and oxygen atoms in total. The number of hydrogen-bond donors (Lipinski definition) is 3. The quantitative estimate of drug-likeness (QED) is 0.550. The maximum atomic E-state index is 10.4. The zero-order chi connectivity index (χ0) is 10.3. The minimum atomic E-state index is -0.795. The van der Waals surface area contributed by atoms with Crippen molar-refractivity contribution in [1.29, 1.82) is 0 Å². The van der Waals surface area contributed by atoms with Gasteiger partial charge in [0.05, 0.1) is 12.0 Å². The minimum Gasteiger partial charge on any atom is -0.481 e. The summed E-state index contributed by atoms with van der Waals surface area (Å²) in [5.74, 6) is -1.14. The summed E-state index contributed by atoms with van der Waals surface area (Å²) in [6.07, 6.45) is 1.72. The fourth-order valence-electron chi connectivity index (χ4n) is 1.08. The highest BCUT2D eigenvalue weighted by Crippen LogP contribution is 2.10. The Hall–Kier alpha value is -0.610. The maximum absolute atomic E-state index is 10.4. The molecule has 13 heavy (non-hydrogen) atoms. The van der Waals surface area contributed by atoms with E-state index >= 15 is 0 Å². The molecule has 0 spiro atoms. The number of carboxylic acids is 1. The number of aliphatic hydroxyl groups excluding tert-OH is 2. The summed E-state index contributed by atoms with van der Waals surface area (Å²) in [6.45, 7) is 1.64. The Bertz CT molecular complexity index is 147. The van der Waals surface area contributed by atoms with Gasteiger partial charge in [0.1, 0.15) is 0 Å². The van der Waals surface area contributed by atoms with Crippen molar-refractivity contribution in [2.24, 2.45) is 5.92 Å². The summed E-state index contributed by atoms with van der Waals surface area (Å²) in [5, 5.41) is 26.2. The predicted octanol–water partition coefficient (Wildman–Crippen LogP) is 0.621. The van der Waals surface area contributed by atoms with Gasteiger partial charge in [-0.25, -0.2) is 0 Å². The zero-order valence-electron chi connectivity index (χ0n) is 7.94. The lowest BCUT2D eigenvalue weighted by molar-refractivity contribution is -0.141. The van der Waals surface area contributed by atoms with Crippen LogP contribution in [-0.4, -0.2) is 34.0 Å².